The molecule has 0 aliphatic heterocycles. The van der Waals surface area contributed by atoms with Crippen LogP contribution in [-0.2, 0) is 22.6 Å². The van der Waals surface area contributed by atoms with Gasteiger partial charge in [0.25, 0.3) is 0 Å². The van der Waals surface area contributed by atoms with Crippen LogP contribution in [-0.4, -0.2) is 31.6 Å². The molecule has 0 atom stereocenters. The number of carbonyl (C=O) groups excluding carboxylic acids is 2. The van der Waals surface area contributed by atoms with Crippen LogP contribution in [0.15, 0.2) is 41.0 Å². The third-order valence-corrected chi connectivity index (χ3v) is 3.52. The summed E-state index contributed by atoms with van der Waals surface area (Å²) in [7, 11) is 0. The average molecular weight is 360 g/mol. The van der Waals surface area contributed by atoms with Crippen molar-refractivity contribution >= 4 is 11.8 Å². The second-order valence-corrected chi connectivity index (χ2v) is 5.42. The molecule has 1 aromatic heterocycles. The fourth-order valence-corrected chi connectivity index (χ4v) is 2.31. The van der Waals surface area contributed by atoms with E-state index < -0.39 is 11.8 Å². The maximum Gasteiger partial charge on any atom is 0.309 e. The zero-order valence-electron chi connectivity index (χ0n) is 15.0. The van der Waals surface area contributed by atoms with Gasteiger partial charge in [-0.3, -0.25) is 9.59 Å². The normalized spacial score (nSPS) is 10.2. The molecule has 2 rings (SSSR count). The lowest BCUT2D eigenvalue weighted by Gasteiger charge is -2.12. The monoisotopic (exact) mass is 360 g/mol. The second-order valence-electron chi connectivity index (χ2n) is 5.42. The van der Waals surface area contributed by atoms with E-state index in [1.54, 1.807) is 12.1 Å². The van der Waals surface area contributed by atoms with E-state index in [0.717, 1.165) is 5.56 Å². The Balaban J connectivity index is 1.79. The summed E-state index contributed by atoms with van der Waals surface area (Å²) < 4.78 is 16.2. The van der Waals surface area contributed by atoms with Crippen LogP contribution in [0.2, 0.25) is 0 Å². The summed E-state index contributed by atoms with van der Waals surface area (Å²) >= 11 is 0. The predicted molar refractivity (Wildman–Crippen MR) is 96.0 cm³/mol. The van der Waals surface area contributed by atoms with Crippen LogP contribution in [0.5, 0.6) is 11.5 Å². The number of furan rings is 1. The third kappa shape index (κ3) is 5.84. The van der Waals surface area contributed by atoms with Gasteiger partial charge < -0.3 is 24.5 Å². The Hall–Kier alpha value is -2.96. The molecule has 0 saturated heterocycles. The molecule has 1 aromatic carbocycles. The lowest BCUT2D eigenvalue weighted by atomic mass is 10.1. The summed E-state index contributed by atoms with van der Waals surface area (Å²) in [6.45, 7) is 5.43. The average Bonchev–Trinajstić information content (AvgIpc) is 3.15. The number of rotatable bonds is 9. The van der Waals surface area contributed by atoms with Crippen molar-refractivity contribution in [3.8, 4) is 11.5 Å². The van der Waals surface area contributed by atoms with Gasteiger partial charge in [0.2, 0.25) is 0 Å². The molecule has 0 fully saturated rings. The Bertz CT molecular complexity index is 713. The maximum atomic E-state index is 11.8. The Morgan fingerprint density at radius 2 is 1.73 bits per heavy atom. The van der Waals surface area contributed by atoms with Gasteiger partial charge in [-0.05, 0) is 50.1 Å². The largest absolute Gasteiger partial charge is 0.490 e. The van der Waals surface area contributed by atoms with Gasteiger partial charge in [-0.1, -0.05) is 6.07 Å². The molecule has 0 aliphatic carbocycles. The summed E-state index contributed by atoms with van der Waals surface area (Å²) in [6.07, 6.45) is 2.08. The van der Waals surface area contributed by atoms with Gasteiger partial charge in [0, 0.05) is 6.54 Å². The Kier molecular flexibility index (Phi) is 7.54. The molecule has 26 heavy (non-hydrogen) atoms. The highest BCUT2D eigenvalue weighted by molar-refractivity contribution is 6.35. The molecular formula is C19H24N2O5. The van der Waals surface area contributed by atoms with Gasteiger partial charge in [-0.2, -0.15) is 0 Å². The van der Waals surface area contributed by atoms with Gasteiger partial charge in [0.05, 0.1) is 26.0 Å². The van der Waals surface area contributed by atoms with Crippen LogP contribution >= 0.6 is 0 Å². The van der Waals surface area contributed by atoms with Crippen LogP contribution < -0.4 is 20.1 Å². The number of hydrogen-bond acceptors (Lipinski definition) is 5. The zero-order chi connectivity index (χ0) is 18.8. The van der Waals surface area contributed by atoms with E-state index in [1.165, 1.54) is 6.26 Å². The molecule has 0 spiro atoms. The van der Waals surface area contributed by atoms with Crippen molar-refractivity contribution in [1.82, 2.24) is 10.6 Å². The summed E-state index contributed by atoms with van der Waals surface area (Å²) in [4.78, 5) is 23.5. The molecule has 1 heterocycles. The molecule has 7 nitrogen and oxygen atoms in total. The molecule has 0 saturated carbocycles. The highest BCUT2D eigenvalue weighted by Gasteiger charge is 2.13. The third-order valence-electron chi connectivity index (χ3n) is 3.52. The fourth-order valence-electron chi connectivity index (χ4n) is 2.31. The van der Waals surface area contributed by atoms with E-state index in [1.807, 2.05) is 32.0 Å². The van der Waals surface area contributed by atoms with Crippen molar-refractivity contribution in [2.24, 2.45) is 0 Å². The number of nitrogens with one attached hydrogen (secondary N) is 2. The van der Waals surface area contributed by atoms with Crippen LogP contribution in [0, 0.1) is 0 Å². The summed E-state index contributed by atoms with van der Waals surface area (Å²) in [5.74, 6) is 0.591. The minimum Gasteiger partial charge on any atom is -0.490 e. The van der Waals surface area contributed by atoms with Gasteiger partial charge >= 0.3 is 11.8 Å². The number of amides is 2. The van der Waals surface area contributed by atoms with Gasteiger partial charge in [0.15, 0.2) is 11.5 Å². The van der Waals surface area contributed by atoms with Gasteiger partial charge in [-0.15, -0.1) is 0 Å². The zero-order valence-corrected chi connectivity index (χ0v) is 15.0. The summed E-state index contributed by atoms with van der Waals surface area (Å²) in [5.41, 5.74) is 0.980. The first-order chi connectivity index (χ1) is 12.6. The molecular weight excluding hydrogens is 336 g/mol. The lowest BCUT2D eigenvalue weighted by Crippen LogP contribution is -2.40. The SMILES string of the molecule is CCOc1ccc(CCNC(=O)C(=O)NCc2ccco2)cc1OCC. The van der Waals surface area contributed by atoms with Crippen LogP contribution in [0.1, 0.15) is 25.2 Å². The number of hydrogen-bond donors (Lipinski definition) is 2. The smallest absolute Gasteiger partial charge is 0.309 e. The number of ether oxygens (including phenoxy) is 2. The molecule has 0 bridgehead atoms. The first-order valence-corrected chi connectivity index (χ1v) is 8.61. The first-order valence-electron chi connectivity index (χ1n) is 8.61. The lowest BCUT2D eigenvalue weighted by molar-refractivity contribution is -0.139. The van der Waals surface area contributed by atoms with Gasteiger partial charge in [0.1, 0.15) is 5.76 Å². The molecule has 2 amide bonds. The van der Waals surface area contributed by atoms with Crippen molar-refractivity contribution in [1.29, 1.82) is 0 Å². The maximum absolute atomic E-state index is 11.8. The first kappa shape index (κ1) is 19.4. The minimum atomic E-state index is -0.692. The second kappa shape index (κ2) is 10.1. The van der Waals surface area contributed by atoms with Crippen LogP contribution in [0.4, 0.5) is 0 Å². The summed E-state index contributed by atoms with van der Waals surface area (Å²) in [6, 6.07) is 9.09. The topological polar surface area (TPSA) is 89.8 Å². The van der Waals surface area contributed by atoms with Crippen LogP contribution in [0.25, 0.3) is 0 Å². The molecule has 2 N–H and O–H groups in total. The number of carbonyl (C=O) groups is 2. The standard InChI is InChI=1S/C19H24N2O5/c1-3-24-16-8-7-14(12-17(16)25-4-2)9-10-20-18(22)19(23)21-13-15-6-5-11-26-15/h5-8,11-12H,3-4,9-10,13H2,1-2H3,(H,20,22)(H,21,23). The molecule has 140 valence electrons. The Morgan fingerprint density at radius 3 is 2.42 bits per heavy atom. The van der Waals surface area contributed by atoms with Crippen molar-refractivity contribution in [3.63, 3.8) is 0 Å². The van der Waals surface area contributed by atoms with Crippen LogP contribution in [0.3, 0.4) is 0 Å². The van der Waals surface area contributed by atoms with E-state index in [-0.39, 0.29) is 6.54 Å². The molecule has 2 aromatic rings. The molecule has 0 radical (unpaired) electrons. The number of benzene rings is 1. The van der Waals surface area contributed by atoms with Crippen molar-refractivity contribution in [2.45, 2.75) is 26.8 Å². The van der Waals surface area contributed by atoms with E-state index in [0.29, 0.717) is 43.4 Å². The van der Waals surface area contributed by atoms with Gasteiger partial charge in [-0.25, -0.2) is 0 Å². The van der Waals surface area contributed by atoms with E-state index in [2.05, 4.69) is 10.6 Å². The van der Waals surface area contributed by atoms with E-state index in [4.69, 9.17) is 13.9 Å². The highest BCUT2D eigenvalue weighted by Crippen LogP contribution is 2.28. The Morgan fingerprint density at radius 1 is 1.00 bits per heavy atom. The van der Waals surface area contributed by atoms with E-state index in [9.17, 15) is 9.59 Å². The minimum absolute atomic E-state index is 0.176. The summed E-state index contributed by atoms with van der Waals surface area (Å²) in [5, 5.41) is 5.10. The van der Waals surface area contributed by atoms with Crippen molar-refractivity contribution in [3.05, 3.63) is 47.9 Å². The Labute approximate surface area is 152 Å². The van der Waals surface area contributed by atoms with E-state index >= 15 is 0 Å². The van der Waals surface area contributed by atoms with Crippen molar-refractivity contribution in [2.75, 3.05) is 19.8 Å². The molecule has 0 unspecified atom stereocenters. The molecule has 0 aliphatic rings. The quantitative estimate of drug-likeness (QED) is 0.668. The van der Waals surface area contributed by atoms with Crippen molar-refractivity contribution < 1.29 is 23.5 Å². The highest BCUT2D eigenvalue weighted by atomic mass is 16.5. The fraction of sp³-hybridized carbons (Fsp3) is 0.368. The predicted octanol–water partition coefficient (Wildman–Crippen LogP) is 2.05. The molecule has 7 heteroatoms.